The third kappa shape index (κ3) is 3.00. The lowest BCUT2D eigenvalue weighted by Crippen LogP contribution is -2.14. The van der Waals surface area contributed by atoms with E-state index in [1.807, 2.05) is 12.1 Å². The van der Waals surface area contributed by atoms with Crippen molar-refractivity contribution in [2.24, 2.45) is 0 Å². The van der Waals surface area contributed by atoms with Crippen LogP contribution in [0.25, 0.3) is 10.8 Å². The second-order valence-corrected chi connectivity index (χ2v) is 5.13. The van der Waals surface area contributed by atoms with Crippen molar-refractivity contribution in [2.75, 3.05) is 0 Å². The van der Waals surface area contributed by atoms with Crippen LogP contribution in [0.1, 0.15) is 12.5 Å². The van der Waals surface area contributed by atoms with E-state index < -0.39 is 0 Å². The zero-order valence-corrected chi connectivity index (χ0v) is 11.6. The summed E-state index contributed by atoms with van der Waals surface area (Å²) in [6.07, 6.45) is 1.09. The van der Waals surface area contributed by atoms with Crippen LogP contribution >= 0.6 is 0 Å². The molecule has 3 aromatic rings. The molecule has 1 nitrogen and oxygen atoms in total. The topological polar surface area (TPSA) is 9.23 Å². The second-order valence-electron chi connectivity index (χ2n) is 5.13. The monoisotopic (exact) mass is 262 g/mol. The minimum Gasteiger partial charge on any atom is -0.490 e. The van der Waals surface area contributed by atoms with Gasteiger partial charge in [0, 0.05) is 6.42 Å². The fraction of sp³-hybridized carbons (Fsp3) is 0.158. The molecule has 3 aromatic carbocycles. The van der Waals surface area contributed by atoms with Crippen LogP contribution in [0.15, 0.2) is 72.8 Å². The fourth-order valence-corrected chi connectivity index (χ4v) is 2.46. The Kier molecular flexibility index (Phi) is 3.69. The molecule has 1 unspecified atom stereocenters. The van der Waals surface area contributed by atoms with Crippen LogP contribution in [-0.4, -0.2) is 6.10 Å². The van der Waals surface area contributed by atoms with Gasteiger partial charge in [-0.2, -0.15) is 0 Å². The largest absolute Gasteiger partial charge is 0.490 e. The first-order valence-electron chi connectivity index (χ1n) is 7.01. The number of benzene rings is 3. The normalized spacial score (nSPS) is 12.2. The van der Waals surface area contributed by atoms with Gasteiger partial charge in [-0.25, -0.2) is 0 Å². The average molecular weight is 262 g/mol. The van der Waals surface area contributed by atoms with Gasteiger partial charge in [0.1, 0.15) is 5.75 Å². The Bertz CT molecular complexity index is 688. The highest BCUT2D eigenvalue weighted by atomic mass is 16.5. The maximum Gasteiger partial charge on any atom is 0.120 e. The summed E-state index contributed by atoms with van der Waals surface area (Å²) in [6.45, 7) is 2.11. The van der Waals surface area contributed by atoms with Gasteiger partial charge in [0.2, 0.25) is 0 Å². The van der Waals surface area contributed by atoms with Crippen LogP contribution in [0.3, 0.4) is 0 Å². The zero-order chi connectivity index (χ0) is 13.8. The highest BCUT2D eigenvalue weighted by Gasteiger charge is 2.05. The molecule has 0 amide bonds. The molecule has 0 saturated heterocycles. The molecule has 0 aliphatic carbocycles. The van der Waals surface area contributed by atoms with Gasteiger partial charge in [0.25, 0.3) is 0 Å². The van der Waals surface area contributed by atoms with Crippen molar-refractivity contribution >= 4 is 10.8 Å². The van der Waals surface area contributed by atoms with E-state index in [9.17, 15) is 0 Å². The molecule has 0 fully saturated rings. The molecule has 0 bridgehead atoms. The summed E-state index contributed by atoms with van der Waals surface area (Å²) < 4.78 is 6.03. The van der Waals surface area contributed by atoms with Crippen LogP contribution in [0.5, 0.6) is 5.75 Å². The Labute approximate surface area is 119 Å². The molecule has 0 spiro atoms. The van der Waals surface area contributed by atoms with Crippen molar-refractivity contribution in [3.63, 3.8) is 0 Å². The number of fused-ring (bicyclic) bond motifs is 1. The highest BCUT2D eigenvalue weighted by molar-refractivity contribution is 5.83. The van der Waals surface area contributed by atoms with E-state index in [-0.39, 0.29) is 6.10 Å². The van der Waals surface area contributed by atoms with Crippen LogP contribution in [0.4, 0.5) is 0 Å². The zero-order valence-electron chi connectivity index (χ0n) is 11.6. The van der Waals surface area contributed by atoms with Gasteiger partial charge in [-0.1, -0.05) is 60.7 Å². The standard InChI is InChI=1S/C19H18O/c1-15(13-16-7-3-2-4-8-16)20-19-12-11-17-9-5-6-10-18(17)14-19/h2-12,14-15H,13H2,1H3. The van der Waals surface area contributed by atoms with Gasteiger partial charge in [-0.15, -0.1) is 0 Å². The SMILES string of the molecule is CC(Cc1ccccc1)Oc1ccc2ccccc2c1. The lowest BCUT2D eigenvalue weighted by atomic mass is 10.1. The molecular weight excluding hydrogens is 244 g/mol. The van der Waals surface area contributed by atoms with E-state index in [0.29, 0.717) is 0 Å². The van der Waals surface area contributed by atoms with Crippen molar-refractivity contribution in [3.05, 3.63) is 78.4 Å². The highest BCUT2D eigenvalue weighted by Crippen LogP contribution is 2.22. The third-order valence-corrected chi connectivity index (χ3v) is 3.42. The molecule has 20 heavy (non-hydrogen) atoms. The molecule has 0 aromatic heterocycles. The van der Waals surface area contributed by atoms with Crippen LogP contribution < -0.4 is 4.74 Å². The van der Waals surface area contributed by atoms with Crippen molar-refractivity contribution in [3.8, 4) is 5.75 Å². The van der Waals surface area contributed by atoms with Crippen molar-refractivity contribution in [2.45, 2.75) is 19.4 Å². The fourth-order valence-electron chi connectivity index (χ4n) is 2.46. The number of hydrogen-bond donors (Lipinski definition) is 0. The van der Waals surface area contributed by atoms with Crippen molar-refractivity contribution in [1.29, 1.82) is 0 Å². The Hall–Kier alpha value is -2.28. The molecule has 100 valence electrons. The van der Waals surface area contributed by atoms with Crippen LogP contribution in [0.2, 0.25) is 0 Å². The number of rotatable bonds is 4. The van der Waals surface area contributed by atoms with Gasteiger partial charge in [-0.05, 0) is 35.4 Å². The second kappa shape index (κ2) is 5.79. The lowest BCUT2D eigenvalue weighted by Gasteiger charge is -2.15. The summed E-state index contributed by atoms with van der Waals surface area (Å²) >= 11 is 0. The van der Waals surface area contributed by atoms with E-state index in [0.717, 1.165) is 12.2 Å². The summed E-state index contributed by atoms with van der Waals surface area (Å²) in [7, 11) is 0. The van der Waals surface area contributed by atoms with Crippen molar-refractivity contribution in [1.82, 2.24) is 0 Å². The summed E-state index contributed by atoms with van der Waals surface area (Å²) in [5.41, 5.74) is 1.31. The molecule has 3 rings (SSSR count). The van der Waals surface area contributed by atoms with Gasteiger partial charge >= 0.3 is 0 Å². The minimum atomic E-state index is 0.165. The molecule has 0 radical (unpaired) electrons. The molecule has 0 aliphatic heterocycles. The Balaban J connectivity index is 1.72. The maximum atomic E-state index is 6.03. The Morgan fingerprint density at radius 1 is 0.800 bits per heavy atom. The predicted molar refractivity (Wildman–Crippen MR) is 84.2 cm³/mol. The molecule has 0 aliphatic rings. The molecule has 1 heteroatoms. The number of ether oxygens (including phenoxy) is 1. The molecule has 0 heterocycles. The Morgan fingerprint density at radius 3 is 2.30 bits per heavy atom. The summed E-state index contributed by atoms with van der Waals surface area (Å²) in [4.78, 5) is 0. The first-order valence-corrected chi connectivity index (χ1v) is 7.01. The summed E-state index contributed by atoms with van der Waals surface area (Å²) in [5.74, 6) is 0.937. The van der Waals surface area contributed by atoms with E-state index >= 15 is 0 Å². The summed E-state index contributed by atoms with van der Waals surface area (Å²) in [5, 5.41) is 2.47. The quantitative estimate of drug-likeness (QED) is 0.653. The third-order valence-electron chi connectivity index (χ3n) is 3.42. The summed E-state index contributed by atoms with van der Waals surface area (Å²) in [6, 6.07) is 25.1. The molecule has 0 saturated carbocycles. The van der Waals surface area contributed by atoms with E-state index in [4.69, 9.17) is 4.74 Å². The number of hydrogen-bond acceptors (Lipinski definition) is 1. The smallest absolute Gasteiger partial charge is 0.120 e. The predicted octanol–water partition coefficient (Wildman–Crippen LogP) is 4.85. The maximum absolute atomic E-state index is 6.03. The lowest BCUT2D eigenvalue weighted by molar-refractivity contribution is 0.222. The first kappa shape index (κ1) is 12.7. The average Bonchev–Trinajstić information content (AvgIpc) is 2.48. The Morgan fingerprint density at radius 2 is 1.50 bits per heavy atom. The van der Waals surface area contributed by atoms with Gasteiger partial charge in [0.05, 0.1) is 6.10 Å². The molecule has 0 N–H and O–H groups in total. The van der Waals surface area contributed by atoms with Crippen molar-refractivity contribution < 1.29 is 4.74 Å². The van der Waals surface area contributed by atoms with Crippen LogP contribution in [-0.2, 0) is 6.42 Å². The van der Waals surface area contributed by atoms with Gasteiger partial charge in [0.15, 0.2) is 0 Å². The van der Waals surface area contributed by atoms with E-state index in [1.165, 1.54) is 16.3 Å². The van der Waals surface area contributed by atoms with E-state index in [1.54, 1.807) is 0 Å². The van der Waals surface area contributed by atoms with Crippen LogP contribution in [0, 0.1) is 0 Å². The van der Waals surface area contributed by atoms with Gasteiger partial charge < -0.3 is 4.74 Å². The minimum absolute atomic E-state index is 0.165. The van der Waals surface area contributed by atoms with E-state index in [2.05, 4.69) is 67.6 Å². The molecule has 1 atom stereocenters. The first-order chi connectivity index (χ1) is 9.81. The molecular formula is C19H18O. The van der Waals surface area contributed by atoms with Gasteiger partial charge in [-0.3, -0.25) is 0 Å².